The lowest BCUT2D eigenvalue weighted by molar-refractivity contribution is -0.155. The van der Waals surface area contributed by atoms with Gasteiger partial charge in [-0.25, -0.2) is 0 Å². The molecule has 2 unspecified atom stereocenters. The Hall–Kier alpha value is -0.530. The molecule has 2 nitrogen and oxygen atoms in total. The number of hydrogen-bond donors (Lipinski definition) is 1. The molecule has 0 heterocycles. The molecule has 2 fully saturated rings. The highest BCUT2D eigenvalue weighted by Gasteiger charge is 2.54. The van der Waals surface area contributed by atoms with Crippen LogP contribution in [0.3, 0.4) is 0 Å². The zero-order valence-electron chi connectivity index (χ0n) is 5.84. The summed E-state index contributed by atoms with van der Waals surface area (Å²) in [4.78, 5) is 10.6. The van der Waals surface area contributed by atoms with E-state index in [0.29, 0.717) is 0 Å². The largest absolute Gasteiger partial charge is 0.481 e. The van der Waals surface area contributed by atoms with E-state index in [1.165, 1.54) is 0 Å². The maximum atomic E-state index is 10.6. The first kappa shape index (κ1) is 6.20. The van der Waals surface area contributed by atoms with Gasteiger partial charge in [0.2, 0.25) is 0 Å². The van der Waals surface area contributed by atoms with Crippen molar-refractivity contribution in [3.05, 3.63) is 6.42 Å². The van der Waals surface area contributed by atoms with Crippen LogP contribution in [0.2, 0.25) is 0 Å². The number of carbonyl (C=O) groups is 1. The van der Waals surface area contributed by atoms with Crippen LogP contribution in [0.5, 0.6) is 0 Å². The van der Waals surface area contributed by atoms with Crippen LogP contribution in [-0.2, 0) is 4.79 Å². The minimum absolute atomic E-state index is 0.0405. The van der Waals surface area contributed by atoms with E-state index in [-0.39, 0.29) is 11.3 Å². The average molecular weight is 139 g/mol. The van der Waals surface area contributed by atoms with Gasteiger partial charge in [0.1, 0.15) is 0 Å². The zero-order chi connectivity index (χ0) is 7.19. The fraction of sp³-hybridized carbons (Fsp3) is 0.750. The van der Waals surface area contributed by atoms with E-state index in [2.05, 4.69) is 6.42 Å². The molecule has 2 saturated carbocycles. The smallest absolute Gasteiger partial charge is 0.307 e. The molecule has 2 atom stereocenters. The summed E-state index contributed by atoms with van der Waals surface area (Å²) in [5, 5.41) is 8.71. The Labute approximate surface area is 60.2 Å². The van der Waals surface area contributed by atoms with E-state index in [1.807, 2.05) is 0 Å². The first-order valence-electron chi connectivity index (χ1n) is 3.82. The molecule has 0 aliphatic heterocycles. The Kier molecular flexibility index (Phi) is 1.08. The molecule has 2 aliphatic carbocycles. The standard InChI is InChI=1S/C8H11O2/c9-7(10)6-2-5-8(6)3-1-4-8/h3,6H,1-2,4-5H2,(H,9,10). The number of hydrogen-bond acceptors (Lipinski definition) is 1. The lowest BCUT2D eigenvalue weighted by atomic mass is 9.50. The van der Waals surface area contributed by atoms with Gasteiger partial charge in [-0.15, -0.1) is 0 Å². The third-order valence-electron chi connectivity index (χ3n) is 3.05. The molecular formula is C8H11O2. The van der Waals surface area contributed by atoms with Gasteiger partial charge in [-0.05, 0) is 37.5 Å². The second-order valence-corrected chi connectivity index (χ2v) is 3.41. The Morgan fingerprint density at radius 3 is 2.40 bits per heavy atom. The highest BCUT2D eigenvalue weighted by atomic mass is 16.4. The first-order chi connectivity index (χ1) is 4.75. The van der Waals surface area contributed by atoms with Crippen molar-refractivity contribution in [2.75, 3.05) is 0 Å². The highest BCUT2D eigenvalue weighted by Crippen LogP contribution is 2.58. The van der Waals surface area contributed by atoms with Gasteiger partial charge in [-0.1, -0.05) is 0 Å². The molecule has 0 bridgehead atoms. The van der Waals surface area contributed by atoms with E-state index in [9.17, 15) is 4.79 Å². The molecule has 2 heteroatoms. The van der Waals surface area contributed by atoms with Gasteiger partial charge in [0.15, 0.2) is 0 Å². The summed E-state index contributed by atoms with van der Waals surface area (Å²) in [5.74, 6) is -0.636. The Balaban J connectivity index is 2.05. The number of rotatable bonds is 1. The van der Waals surface area contributed by atoms with Gasteiger partial charge in [0.05, 0.1) is 5.92 Å². The van der Waals surface area contributed by atoms with Gasteiger partial charge in [-0.3, -0.25) is 4.79 Å². The highest BCUT2D eigenvalue weighted by molar-refractivity contribution is 5.73. The van der Waals surface area contributed by atoms with Crippen LogP contribution in [0.1, 0.15) is 25.7 Å². The van der Waals surface area contributed by atoms with Crippen molar-refractivity contribution in [1.29, 1.82) is 0 Å². The van der Waals surface area contributed by atoms with E-state index in [4.69, 9.17) is 5.11 Å². The predicted octanol–water partition coefficient (Wildman–Crippen LogP) is 1.47. The summed E-state index contributed by atoms with van der Waals surface area (Å²) in [6.07, 6.45) is 6.44. The topological polar surface area (TPSA) is 37.3 Å². The third kappa shape index (κ3) is 0.568. The molecule has 2 aliphatic rings. The predicted molar refractivity (Wildman–Crippen MR) is 36.3 cm³/mol. The van der Waals surface area contributed by atoms with Crippen molar-refractivity contribution in [2.45, 2.75) is 25.7 Å². The Bertz CT molecular complexity index is 165. The van der Waals surface area contributed by atoms with Crippen molar-refractivity contribution >= 4 is 5.97 Å². The van der Waals surface area contributed by atoms with E-state index >= 15 is 0 Å². The molecule has 0 aromatic heterocycles. The molecule has 0 amide bonds. The summed E-state index contributed by atoms with van der Waals surface area (Å²) >= 11 is 0. The summed E-state index contributed by atoms with van der Waals surface area (Å²) in [6, 6.07) is 0. The molecule has 0 saturated heterocycles. The summed E-state index contributed by atoms with van der Waals surface area (Å²) < 4.78 is 0. The summed E-state index contributed by atoms with van der Waals surface area (Å²) in [5.41, 5.74) is 0.159. The molecule has 0 aromatic carbocycles. The van der Waals surface area contributed by atoms with Crippen molar-refractivity contribution in [1.82, 2.24) is 0 Å². The van der Waals surface area contributed by atoms with Gasteiger partial charge >= 0.3 is 5.97 Å². The minimum atomic E-state index is -0.595. The third-order valence-corrected chi connectivity index (χ3v) is 3.05. The molecular weight excluding hydrogens is 128 g/mol. The molecule has 1 N–H and O–H groups in total. The minimum Gasteiger partial charge on any atom is -0.481 e. The van der Waals surface area contributed by atoms with Gasteiger partial charge in [0.25, 0.3) is 0 Å². The molecule has 1 radical (unpaired) electrons. The number of carboxylic acid groups (broad SMARTS) is 1. The van der Waals surface area contributed by atoms with Gasteiger partial charge in [-0.2, -0.15) is 0 Å². The van der Waals surface area contributed by atoms with Gasteiger partial charge in [0, 0.05) is 0 Å². The zero-order valence-corrected chi connectivity index (χ0v) is 5.84. The van der Waals surface area contributed by atoms with Crippen molar-refractivity contribution in [3.63, 3.8) is 0 Å². The molecule has 0 aromatic rings. The second-order valence-electron chi connectivity index (χ2n) is 3.41. The second kappa shape index (κ2) is 1.74. The fourth-order valence-electron chi connectivity index (χ4n) is 2.09. The SMILES string of the molecule is O=C(O)C1CCC12[CH]CC2. The lowest BCUT2D eigenvalue weighted by Crippen LogP contribution is -2.49. The number of carboxylic acids is 1. The van der Waals surface area contributed by atoms with Crippen molar-refractivity contribution in [3.8, 4) is 0 Å². The summed E-state index contributed by atoms with van der Waals surface area (Å²) in [7, 11) is 0. The van der Waals surface area contributed by atoms with Crippen LogP contribution in [0, 0.1) is 17.8 Å². The van der Waals surface area contributed by atoms with E-state index < -0.39 is 5.97 Å². The molecule has 55 valence electrons. The first-order valence-corrected chi connectivity index (χ1v) is 3.82. The Morgan fingerprint density at radius 1 is 1.60 bits per heavy atom. The average Bonchev–Trinajstić information content (AvgIpc) is 1.53. The van der Waals surface area contributed by atoms with Gasteiger partial charge < -0.3 is 5.11 Å². The van der Waals surface area contributed by atoms with Crippen LogP contribution in [-0.4, -0.2) is 11.1 Å². The normalized spacial score (nSPS) is 34.6. The lowest BCUT2D eigenvalue weighted by Gasteiger charge is -2.53. The van der Waals surface area contributed by atoms with Crippen LogP contribution >= 0.6 is 0 Å². The Morgan fingerprint density at radius 2 is 2.30 bits per heavy atom. The van der Waals surface area contributed by atoms with Crippen LogP contribution in [0.25, 0.3) is 0 Å². The molecule has 2 rings (SSSR count). The van der Waals surface area contributed by atoms with Crippen LogP contribution in [0.4, 0.5) is 0 Å². The van der Waals surface area contributed by atoms with E-state index in [0.717, 1.165) is 25.7 Å². The maximum absolute atomic E-state index is 10.6. The fourth-order valence-corrected chi connectivity index (χ4v) is 2.09. The number of aliphatic carboxylic acids is 1. The van der Waals surface area contributed by atoms with Crippen LogP contribution in [0.15, 0.2) is 0 Å². The molecule has 10 heavy (non-hydrogen) atoms. The summed E-state index contributed by atoms with van der Waals surface area (Å²) in [6.45, 7) is 0. The molecule has 1 spiro atoms. The maximum Gasteiger partial charge on any atom is 0.307 e. The van der Waals surface area contributed by atoms with Crippen LogP contribution < -0.4 is 0 Å². The monoisotopic (exact) mass is 139 g/mol. The van der Waals surface area contributed by atoms with Crippen molar-refractivity contribution < 1.29 is 9.90 Å². The van der Waals surface area contributed by atoms with E-state index in [1.54, 1.807) is 0 Å². The van der Waals surface area contributed by atoms with Crippen molar-refractivity contribution in [2.24, 2.45) is 11.3 Å². The quantitative estimate of drug-likeness (QED) is 0.597.